The van der Waals surface area contributed by atoms with Crippen LogP contribution in [0.1, 0.15) is 36.0 Å². The lowest BCUT2D eigenvalue weighted by Crippen LogP contribution is -2.46. The number of likely N-dealkylation sites (N-methyl/N-ethyl adjacent to an activating group) is 1. The van der Waals surface area contributed by atoms with Crippen molar-refractivity contribution in [2.45, 2.75) is 37.8 Å². The fraction of sp³-hybridized carbons (Fsp3) is 0.500. The number of halogens is 1. The Morgan fingerprint density at radius 1 is 1.37 bits per heavy atom. The molecule has 2 unspecified atom stereocenters. The van der Waals surface area contributed by atoms with Crippen molar-refractivity contribution < 1.29 is 19.4 Å². The van der Waals surface area contributed by atoms with Gasteiger partial charge >= 0.3 is 0 Å². The van der Waals surface area contributed by atoms with Crippen LogP contribution in [0, 0.1) is 5.82 Å². The average molecular weight is 267 g/mol. The van der Waals surface area contributed by atoms with E-state index in [1.54, 1.807) is 7.05 Å². The molecule has 0 aromatic heterocycles. The van der Waals surface area contributed by atoms with Gasteiger partial charge in [-0.15, -0.1) is 0 Å². The van der Waals surface area contributed by atoms with E-state index in [0.29, 0.717) is 6.42 Å². The van der Waals surface area contributed by atoms with Gasteiger partial charge in [0.15, 0.2) is 0 Å². The highest BCUT2D eigenvalue weighted by molar-refractivity contribution is 5.96. The van der Waals surface area contributed by atoms with Gasteiger partial charge in [-0.05, 0) is 25.0 Å². The van der Waals surface area contributed by atoms with Gasteiger partial charge in [0.05, 0.1) is 17.7 Å². The van der Waals surface area contributed by atoms with Gasteiger partial charge in [-0.25, -0.2) is 4.39 Å². The summed E-state index contributed by atoms with van der Waals surface area (Å²) in [7, 11) is 1.60. The number of benzene rings is 1. The van der Waals surface area contributed by atoms with E-state index in [2.05, 4.69) is 0 Å². The van der Waals surface area contributed by atoms with Gasteiger partial charge in [-0.2, -0.15) is 0 Å². The van der Waals surface area contributed by atoms with Crippen molar-refractivity contribution in [3.05, 3.63) is 29.6 Å². The van der Waals surface area contributed by atoms with Gasteiger partial charge in [0.2, 0.25) is 0 Å². The lowest BCUT2D eigenvalue weighted by Gasteiger charge is -2.35. The second-order valence-electron chi connectivity index (χ2n) is 5.00. The van der Waals surface area contributed by atoms with Crippen LogP contribution >= 0.6 is 0 Å². The van der Waals surface area contributed by atoms with Gasteiger partial charge in [-0.3, -0.25) is 4.79 Å². The zero-order chi connectivity index (χ0) is 14.0. The smallest absolute Gasteiger partial charge is 0.257 e. The van der Waals surface area contributed by atoms with Crippen LogP contribution in [0.2, 0.25) is 0 Å². The lowest BCUT2D eigenvalue weighted by molar-refractivity contribution is 0.0266. The summed E-state index contributed by atoms with van der Waals surface area (Å²) in [6.45, 7) is 0. The maximum Gasteiger partial charge on any atom is 0.257 e. The third-order valence-corrected chi connectivity index (χ3v) is 3.70. The van der Waals surface area contributed by atoms with Gasteiger partial charge in [0.25, 0.3) is 5.91 Å². The molecule has 5 heteroatoms. The Kier molecular flexibility index (Phi) is 4.04. The summed E-state index contributed by atoms with van der Waals surface area (Å²) in [6, 6.07) is 3.07. The molecule has 0 spiro atoms. The summed E-state index contributed by atoms with van der Waals surface area (Å²) in [4.78, 5) is 13.7. The van der Waals surface area contributed by atoms with E-state index in [0.717, 1.165) is 31.4 Å². The van der Waals surface area contributed by atoms with E-state index in [1.165, 1.54) is 11.0 Å². The van der Waals surface area contributed by atoms with E-state index < -0.39 is 17.8 Å². The molecule has 2 atom stereocenters. The summed E-state index contributed by atoms with van der Waals surface area (Å²) in [6.07, 6.45) is 2.81. The SMILES string of the molecule is CN(C(=O)c1ccc(F)cc1O)C1CCCCC1O. The van der Waals surface area contributed by atoms with Gasteiger partial charge in [0.1, 0.15) is 11.6 Å². The maximum absolute atomic E-state index is 12.9. The molecule has 1 fully saturated rings. The minimum Gasteiger partial charge on any atom is -0.507 e. The quantitative estimate of drug-likeness (QED) is 0.860. The number of amides is 1. The third kappa shape index (κ3) is 2.87. The first kappa shape index (κ1) is 13.8. The second kappa shape index (κ2) is 5.57. The fourth-order valence-electron chi connectivity index (χ4n) is 2.57. The lowest BCUT2D eigenvalue weighted by atomic mass is 9.91. The minimum atomic E-state index is -0.589. The van der Waals surface area contributed by atoms with E-state index in [-0.39, 0.29) is 17.4 Å². The standard InChI is InChI=1S/C14H18FNO3/c1-16(11-4-2-3-5-12(11)17)14(19)10-7-6-9(15)8-13(10)18/h6-8,11-12,17-18H,2-5H2,1H3. The van der Waals surface area contributed by atoms with Crippen LogP contribution in [0.25, 0.3) is 0 Å². The maximum atomic E-state index is 12.9. The number of aliphatic hydroxyl groups is 1. The Morgan fingerprint density at radius 3 is 2.68 bits per heavy atom. The molecule has 0 radical (unpaired) electrons. The monoisotopic (exact) mass is 267 g/mol. The number of phenols is 1. The molecule has 104 valence electrons. The molecule has 0 aliphatic heterocycles. The summed E-state index contributed by atoms with van der Waals surface area (Å²) in [5.74, 6) is -1.36. The van der Waals surface area contributed by atoms with E-state index in [4.69, 9.17) is 0 Å². The number of carbonyl (C=O) groups is 1. The molecule has 0 heterocycles. The normalized spacial score (nSPS) is 23.1. The first-order valence-corrected chi connectivity index (χ1v) is 6.44. The van der Waals surface area contributed by atoms with Crippen LogP contribution in [0.15, 0.2) is 18.2 Å². The molecule has 1 aromatic carbocycles. The number of hydrogen-bond donors (Lipinski definition) is 2. The summed E-state index contributed by atoms with van der Waals surface area (Å²) in [5.41, 5.74) is 0.0571. The summed E-state index contributed by atoms with van der Waals surface area (Å²) >= 11 is 0. The number of phenolic OH excluding ortho intramolecular Hbond substituents is 1. The van der Waals surface area contributed by atoms with Gasteiger partial charge in [0, 0.05) is 13.1 Å². The molecule has 2 rings (SSSR count). The molecule has 1 amide bonds. The van der Waals surface area contributed by atoms with Crippen molar-refractivity contribution in [2.24, 2.45) is 0 Å². The highest BCUT2D eigenvalue weighted by atomic mass is 19.1. The molecular formula is C14H18FNO3. The fourth-order valence-corrected chi connectivity index (χ4v) is 2.57. The number of rotatable bonds is 2. The van der Waals surface area contributed by atoms with E-state index >= 15 is 0 Å². The Morgan fingerprint density at radius 2 is 2.05 bits per heavy atom. The molecule has 0 saturated heterocycles. The number of aliphatic hydroxyl groups excluding tert-OH is 1. The average Bonchev–Trinajstić information content (AvgIpc) is 2.38. The van der Waals surface area contributed by atoms with Crippen LogP contribution in [0.3, 0.4) is 0 Å². The minimum absolute atomic E-state index is 0.0571. The van der Waals surface area contributed by atoms with Crippen molar-refractivity contribution in [3.8, 4) is 5.75 Å². The Balaban J connectivity index is 2.18. The molecular weight excluding hydrogens is 249 g/mol. The zero-order valence-electron chi connectivity index (χ0n) is 10.8. The third-order valence-electron chi connectivity index (χ3n) is 3.70. The van der Waals surface area contributed by atoms with Crippen molar-refractivity contribution >= 4 is 5.91 Å². The molecule has 0 bridgehead atoms. The number of carbonyl (C=O) groups excluding carboxylic acids is 1. The highest BCUT2D eigenvalue weighted by Crippen LogP contribution is 2.26. The summed E-state index contributed by atoms with van der Waals surface area (Å²) < 4.78 is 12.9. The molecule has 1 saturated carbocycles. The first-order chi connectivity index (χ1) is 9.00. The topological polar surface area (TPSA) is 60.8 Å². The highest BCUT2D eigenvalue weighted by Gasteiger charge is 2.30. The van der Waals surface area contributed by atoms with Crippen LogP contribution in [-0.2, 0) is 0 Å². The molecule has 1 aromatic rings. The molecule has 2 N–H and O–H groups in total. The largest absolute Gasteiger partial charge is 0.507 e. The predicted octanol–water partition coefficient (Wildman–Crippen LogP) is 1.91. The number of nitrogens with zero attached hydrogens (tertiary/aromatic N) is 1. The van der Waals surface area contributed by atoms with Crippen LogP contribution in [-0.4, -0.2) is 40.2 Å². The van der Waals surface area contributed by atoms with Crippen LogP contribution < -0.4 is 0 Å². The predicted molar refractivity (Wildman–Crippen MR) is 68.4 cm³/mol. The Labute approximate surface area is 111 Å². The second-order valence-corrected chi connectivity index (χ2v) is 5.00. The Hall–Kier alpha value is -1.62. The van der Waals surface area contributed by atoms with E-state index in [1.807, 2.05) is 0 Å². The molecule has 1 aliphatic rings. The van der Waals surface area contributed by atoms with Crippen molar-refractivity contribution in [1.29, 1.82) is 0 Å². The van der Waals surface area contributed by atoms with Crippen molar-refractivity contribution in [2.75, 3.05) is 7.05 Å². The number of hydrogen-bond acceptors (Lipinski definition) is 3. The van der Waals surface area contributed by atoms with Crippen LogP contribution in [0.5, 0.6) is 5.75 Å². The molecule has 4 nitrogen and oxygen atoms in total. The summed E-state index contributed by atoms with van der Waals surface area (Å²) in [5, 5.41) is 19.6. The van der Waals surface area contributed by atoms with Gasteiger partial charge < -0.3 is 15.1 Å². The Bertz CT molecular complexity index is 478. The molecule has 19 heavy (non-hydrogen) atoms. The van der Waals surface area contributed by atoms with E-state index in [9.17, 15) is 19.4 Å². The molecule has 1 aliphatic carbocycles. The van der Waals surface area contributed by atoms with Crippen molar-refractivity contribution in [1.82, 2.24) is 4.90 Å². The van der Waals surface area contributed by atoms with Crippen molar-refractivity contribution in [3.63, 3.8) is 0 Å². The van der Waals surface area contributed by atoms with Gasteiger partial charge in [-0.1, -0.05) is 12.8 Å². The van der Waals surface area contributed by atoms with Crippen LogP contribution in [0.4, 0.5) is 4.39 Å². The number of aromatic hydroxyl groups is 1. The zero-order valence-corrected chi connectivity index (χ0v) is 10.8. The first-order valence-electron chi connectivity index (χ1n) is 6.44.